The second-order valence-corrected chi connectivity index (χ2v) is 8.56. The molecule has 0 aliphatic heterocycles. The lowest BCUT2D eigenvalue weighted by Crippen LogP contribution is -2.40. The first kappa shape index (κ1) is 18.3. The highest BCUT2D eigenvalue weighted by molar-refractivity contribution is 7.91. The standard InChI is InChI=1S/C15H31N3O2S/c1-4-21(19,20)11-10-18-15(16-3)17-9-8-14-7-5-6-13(2)12-14/h13-14H,4-12H2,1-3H3,(H2,16,17,18). The second-order valence-electron chi connectivity index (χ2n) is 6.09. The van der Waals surface area contributed by atoms with Crippen molar-refractivity contribution in [2.24, 2.45) is 16.8 Å². The Morgan fingerprint density at radius 2 is 1.95 bits per heavy atom. The maximum atomic E-state index is 11.4. The minimum Gasteiger partial charge on any atom is -0.356 e. The van der Waals surface area contributed by atoms with E-state index in [0.29, 0.717) is 12.5 Å². The largest absolute Gasteiger partial charge is 0.356 e. The lowest BCUT2D eigenvalue weighted by Gasteiger charge is -2.26. The lowest BCUT2D eigenvalue weighted by atomic mass is 9.81. The average Bonchev–Trinajstić information content (AvgIpc) is 2.45. The van der Waals surface area contributed by atoms with E-state index >= 15 is 0 Å². The molecule has 0 aromatic carbocycles. The monoisotopic (exact) mass is 317 g/mol. The normalized spacial score (nSPS) is 23.9. The van der Waals surface area contributed by atoms with Crippen LogP contribution in [0, 0.1) is 11.8 Å². The smallest absolute Gasteiger partial charge is 0.191 e. The summed E-state index contributed by atoms with van der Waals surface area (Å²) in [7, 11) is -1.20. The van der Waals surface area contributed by atoms with E-state index in [9.17, 15) is 8.42 Å². The third-order valence-electron chi connectivity index (χ3n) is 4.26. The first-order chi connectivity index (χ1) is 9.96. The highest BCUT2D eigenvalue weighted by Crippen LogP contribution is 2.30. The molecule has 1 aliphatic carbocycles. The fourth-order valence-corrected chi connectivity index (χ4v) is 3.61. The molecule has 21 heavy (non-hydrogen) atoms. The van der Waals surface area contributed by atoms with Crippen LogP contribution in [0.15, 0.2) is 4.99 Å². The summed E-state index contributed by atoms with van der Waals surface area (Å²) in [5, 5.41) is 6.35. The topological polar surface area (TPSA) is 70.6 Å². The summed E-state index contributed by atoms with van der Waals surface area (Å²) in [6, 6.07) is 0. The maximum Gasteiger partial charge on any atom is 0.191 e. The molecule has 1 saturated carbocycles. The molecular weight excluding hydrogens is 286 g/mol. The summed E-state index contributed by atoms with van der Waals surface area (Å²) in [5.41, 5.74) is 0. The predicted octanol–water partition coefficient (Wildman–Crippen LogP) is 1.80. The second kappa shape index (κ2) is 9.28. The average molecular weight is 317 g/mol. The molecule has 124 valence electrons. The summed E-state index contributed by atoms with van der Waals surface area (Å²) in [4.78, 5) is 4.13. The first-order valence-corrected chi connectivity index (χ1v) is 9.94. The molecule has 5 nitrogen and oxygen atoms in total. The van der Waals surface area contributed by atoms with Crippen LogP contribution in [0.2, 0.25) is 0 Å². The Kier molecular flexibility index (Phi) is 8.07. The fraction of sp³-hybridized carbons (Fsp3) is 0.933. The molecule has 0 aromatic heterocycles. The van der Waals surface area contributed by atoms with Gasteiger partial charge in [-0.3, -0.25) is 4.99 Å². The summed E-state index contributed by atoms with van der Waals surface area (Å²) in [6.45, 7) is 5.33. The van der Waals surface area contributed by atoms with Gasteiger partial charge in [0.25, 0.3) is 0 Å². The number of aliphatic imine (C=N–C) groups is 1. The maximum absolute atomic E-state index is 11.4. The molecule has 0 aromatic rings. The molecule has 1 rings (SSSR count). The molecule has 2 unspecified atom stereocenters. The van der Waals surface area contributed by atoms with Crippen LogP contribution in [0.5, 0.6) is 0 Å². The molecule has 0 spiro atoms. The molecular formula is C15H31N3O2S. The van der Waals surface area contributed by atoms with Gasteiger partial charge in [0.05, 0.1) is 5.75 Å². The number of sulfone groups is 1. The van der Waals surface area contributed by atoms with Crippen LogP contribution in [-0.4, -0.2) is 46.0 Å². The zero-order valence-corrected chi connectivity index (χ0v) is 14.5. The summed E-state index contributed by atoms with van der Waals surface area (Å²) >= 11 is 0. The van der Waals surface area contributed by atoms with Crippen molar-refractivity contribution >= 4 is 15.8 Å². The van der Waals surface area contributed by atoms with Gasteiger partial charge in [0.15, 0.2) is 15.8 Å². The van der Waals surface area contributed by atoms with Crippen molar-refractivity contribution in [1.82, 2.24) is 10.6 Å². The van der Waals surface area contributed by atoms with Crippen molar-refractivity contribution in [3.8, 4) is 0 Å². The van der Waals surface area contributed by atoms with Crippen LogP contribution in [0.1, 0.15) is 46.0 Å². The molecule has 6 heteroatoms. The Hall–Kier alpha value is -0.780. The van der Waals surface area contributed by atoms with Gasteiger partial charge in [-0.15, -0.1) is 0 Å². The Labute approximate surface area is 129 Å². The van der Waals surface area contributed by atoms with Crippen molar-refractivity contribution in [2.45, 2.75) is 46.0 Å². The number of guanidine groups is 1. The highest BCUT2D eigenvalue weighted by Gasteiger charge is 2.18. The molecule has 0 amide bonds. The molecule has 0 saturated heterocycles. The van der Waals surface area contributed by atoms with Crippen molar-refractivity contribution in [2.75, 3.05) is 31.6 Å². The van der Waals surface area contributed by atoms with Crippen LogP contribution >= 0.6 is 0 Å². The Balaban J connectivity index is 2.19. The predicted molar refractivity (Wildman–Crippen MR) is 89.4 cm³/mol. The van der Waals surface area contributed by atoms with E-state index in [4.69, 9.17) is 0 Å². The van der Waals surface area contributed by atoms with Crippen LogP contribution in [0.3, 0.4) is 0 Å². The van der Waals surface area contributed by atoms with Gasteiger partial charge >= 0.3 is 0 Å². The third kappa shape index (κ3) is 7.69. The zero-order valence-electron chi connectivity index (χ0n) is 13.7. The van der Waals surface area contributed by atoms with Crippen LogP contribution in [-0.2, 0) is 9.84 Å². The Morgan fingerprint density at radius 3 is 2.57 bits per heavy atom. The molecule has 2 N–H and O–H groups in total. The van der Waals surface area contributed by atoms with Crippen LogP contribution in [0.4, 0.5) is 0 Å². The van der Waals surface area contributed by atoms with Gasteiger partial charge in [-0.1, -0.05) is 33.1 Å². The van der Waals surface area contributed by atoms with Gasteiger partial charge in [-0.2, -0.15) is 0 Å². The van der Waals surface area contributed by atoms with Gasteiger partial charge in [0, 0.05) is 25.9 Å². The highest BCUT2D eigenvalue weighted by atomic mass is 32.2. The molecule has 2 atom stereocenters. The third-order valence-corrected chi connectivity index (χ3v) is 5.96. The van der Waals surface area contributed by atoms with Gasteiger partial charge in [-0.05, 0) is 24.7 Å². The van der Waals surface area contributed by atoms with Crippen molar-refractivity contribution in [1.29, 1.82) is 0 Å². The van der Waals surface area contributed by atoms with E-state index in [1.165, 1.54) is 25.7 Å². The van der Waals surface area contributed by atoms with Crippen molar-refractivity contribution in [3.63, 3.8) is 0 Å². The quantitative estimate of drug-likeness (QED) is 0.555. The minimum atomic E-state index is -2.91. The lowest BCUT2D eigenvalue weighted by molar-refractivity contribution is 0.270. The molecule has 1 aliphatic rings. The van der Waals surface area contributed by atoms with Crippen LogP contribution in [0.25, 0.3) is 0 Å². The number of rotatable bonds is 7. The van der Waals surface area contributed by atoms with Gasteiger partial charge in [0.1, 0.15) is 0 Å². The Morgan fingerprint density at radius 1 is 1.24 bits per heavy atom. The molecule has 0 radical (unpaired) electrons. The number of nitrogens with one attached hydrogen (secondary N) is 2. The van der Waals surface area contributed by atoms with E-state index in [1.54, 1.807) is 14.0 Å². The van der Waals surface area contributed by atoms with Gasteiger partial charge < -0.3 is 10.6 Å². The van der Waals surface area contributed by atoms with E-state index in [1.807, 2.05) is 0 Å². The zero-order chi connectivity index (χ0) is 15.7. The van der Waals surface area contributed by atoms with E-state index in [-0.39, 0.29) is 11.5 Å². The number of nitrogens with zero attached hydrogens (tertiary/aromatic N) is 1. The Bertz CT molecular complexity index is 421. The van der Waals surface area contributed by atoms with Crippen molar-refractivity contribution < 1.29 is 8.42 Å². The van der Waals surface area contributed by atoms with E-state index in [2.05, 4.69) is 22.5 Å². The van der Waals surface area contributed by atoms with E-state index in [0.717, 1.165) is 24.8 Å². The molecule has 0 heterocycles. The summed E-state index contributed by atoms with van der Waals surface area (Å²) < 4.78 is 22.8. The number of hydrogen-bond donors (Lipinski definition) is 2. The summed E-state index contributed by atoms with van der Waals surface area (Å²) in [6.07, 6.45) is 6.57. The minimum absolute atomic E-state index is 0.157. The first-order valence-electron chi connectivity index (χ1n) is 8.11. The van der Waals surface area contributed by atoms with Gasteiger partial charge in [0.2, 0.25) is 0 Å². The molecule has 1 fully saturated rings. The fourth-order valence-electron chi connectivity index (χ4n) is 2.91. The van der Waals surface area contributed by atoms with Gasteiger partial charge in [-0.25, -0.2) is 8.42 Å². The van der Waals surface area contributed by atoms with Crippen molar-refractivity contribution in [3.05, 3.63) is 0 Å². The van der Waals surface area contributed by atoms with Crippen LogP contribution < -0.4 is 10.6 Å². The SMILES string of the molecule is CCS(=O)(=O)CCNC(=NC)NCCC1CCCC(C)C1. The number of hydrogen-bond acceptors (Lipinski definition) is 3. The van der Waals surface area contributed by atoms with E-state index < -0.39 is 9.84 Å². The molecule has 0 bridgehead atoms. The summed E-state index contributed by atoms with van der Waals surface area (Å²) in [5.74, 6) is 2.73.